The van der Waals surface area contributed by atoms with E-state index in [1.54, 1.807) is 6.20 Å². The predicted octanol–water partition coefficient (Wildman–Crippen LogP) is 3.28. The lowest BCUT2D eigenvalue weighted by Crippen LogP contribution is -2.04. The zero-order valence-corrected chi connectivity index (χ0v) is 12.9. The average Bonchev–Trinajstić information content (AvgIpc) is 2.89. The molecule has 6 heteroatoms. The van der Waals surface area contributed by atoms with Crippen molar-refractivity contribution in [3.8, 4) is 6.07 Å². The highest BCUT2D eigenvalue weighted by molar-refractivity contribution is 9.10. The Morgan fingerprint density at radius 2 is 2.19 bits per heavy atom. The Bertz CT molecular complexity index is 847. The normalized spacial score (nSPS) is 10.5. The first kappa shape index (κ1) is 13.6. The third kappa shape index (κ3) is 2.73. The molecule has 0 bridgehead atoms. The molecule has 3 aromatic rings. The lowest BCUT2D eigenvalue weighted by atomic mass is 10.1. The fraction of sp³-hybridized carbons (Fsp3) is 0.133. The smallest absolute Gasteiger partial charge is 0.155 e. The Labute approximate surface area is 130 Å². The highest BCUT2D eigenvalue weighted by Crippen LogP contribution is 2.18. The molecular formula is C15H12BrN5. The second kappa shape index (κ2) is 5.54. The van der Waals surface area contributed by atoms with Crippen LogP contribution in [0.5, 0.6) is 0 Å². The molecule has 0 spiro atoms. The number of nitriles is 1. The molecule has 2 aromatic heterocycles. The Morgan fingerprint density at radius 3 is 3.00 bits per heavy atom. The van der Waals surface area contributed by atoms with Crippen LogP contribution in [0.2, 0.25) is 0 Å². The molecule has 0 fully saturated rings. The van der Waals surface area contributed by atoms with Crippen LogP contribution in [-0.4, -0.2) is 14.4 Å². The summed E-state index contributed by atoms with van der Waals surface area (Å²) in [6.07, 6.45) is 5.42. The van der Waals surface area contributed by atoms with Gasteiger partial charge in [0, 0.05) is 11.9 Å². The van der Waals surface area contributed by atoms with Crippen molar-refractivity contribution < 1.29 is 0 Å². The standard InChI is InChI=1S/C15H12BrN5/c1-10-2-3-11(5-17)4-13(10)18-6-12-7-20-15-8-19-14(16)9-21(12)15/h2-4,7-9,18H,6H2,1H3. The average molecular weight is 342 g/mol. The number of halogens is 1. The fourth-order valence-electron chi connectivity index (χ4n) is 2.11. The molecule has 0 aliphatic rings. The number of aryl methyl sites for hydroxylation is 1. The van der Waals surface area contributed by atoms with Crippen LogP contribution in [-0.2, 0) is 6.54 Å². The highest BCUT2D eigenvalue weighted by atomic mass is 79.9. The number of imidazole rings is 1. The largest absolute Gasteiger partial charge is 0.379 e. The van der Waals surface area contributed by atoms with Crippen molar-refractivity contribution in [1.82, 2.24) is 14.4 Å². The van der Waals surface area contributed by atoms with Gasteiger partial charge in [0.25, 0.3) is 0 Å². The topological polar surface area (TPSA) is 66.0 Å². The Balaban J connectivity index is 1.87. The van der Waals surface area contributed by atoms with Crippen molar-refractivity contribution in [3.05, 3.63) is 58.2 Å². The number of hydrogen-bond acceptors (Lipinski definition) is 4. The molecule has 0 saturated carbocycles. The van der Waals surface area contributed by atoms with Crippen LogP contribution >= 0.6 is 15.9 Å². The first-order valence-corrected chi connectivity index (χ1v) is 7.19. The van der Waals surface area contributed by atoms with Gasteiger partial charge in [0.15, 0.2) is 5.65 Å². The van der Waals surface area contributed by atoms with Gasteiger partial charge in [0.2, 0.25) is 0 Å². The maximum absolute atomic E-state index is 8.97. The predicted molar refractivity (Wildman–Crippen MR) is 83.9 cm³/mol. The van der Waals surface area contributed by atoms with Gasteiger partial charge in [-0.05, 0) is 40.5 Å². The SMILES string of the molecule is Cc1ccc(C#N)cc1NCc1cnc2cnc(Br)cn12. The van der Waals surface area contributed by atoms with Crippen LogP contribution in [0.1, 0.15) is 16.8 Å². The third-order valence-electron chi connectivity index (χ3n) is 3.27. The summed E-state index contributed by atoms with van der Waals surface area (Å²) in [5, 5.41) is 12.3. The van der Waals surface area contributed by atoms with E-state index in [1.165, 1.54) is 0 Å². The van der Waals surface area contributed by atoms with E-state index in [0.717, 1.165) is 27.2 Å². The van der Waals surface area contributed by atoms with Gasteiger partial charge in [-0.2, -0.15) is 5.26 Å². The van der Waals surface area contributed by atoms with Gasteiger partial charge in [-0.1, -0.05) is 6.07 Å². The molecule has 0 radical (unpaired) electrons. The number of fused-ring (bicyclic) bond motifs is 1. The summed E-state index contributed by atoms with van der Waals surface area (Å²) in [5.41, 5.74) is 4.53. The number of anilines is 1. The van der Waals surface area contributed by atoms with E-state index in [1.807, 2.05) is 41.9 Å². The first-order chi connectivity index (χ1) is 10.2. The zero-order valence-electron chi connectivity index (χ0n) is 11.3. The van der Waals surface area contributed by atoms with E-state index in [-0.39, 0.29) is 0 Å². The zero-order chi connectivity index (χ0) is 14.8. The van der Waals surface area contributed by atoms with E-state index in [2.05, 4.69) is 37.3 Å². The Hall–Kier alpha value is -2.39. The van der Waals surface area contributed by atoms with Crippen LogP contribution in [0.4, 0.5) is 5.69 Å². The second-order valence-corrected chi connectivity index (χ2v) is 5.50. The van der Waals surface area contributed by atoms with E-state index in [4.69, 9.17) is 5.26 Å². The van der Waals surface area contributed by atoms with Crippen molar-refractivity contribution in [3.63, 3.8) is 0 Å². The lowest BCUT2D eigenvalue weighted by Gasteiger charge is -2.09. The Morgan fingerprint density at radius 1 is 1.33 bits per heavy atom. The summed E-state index contributed by atoms with van der Waals surface area (Å²) in [6, 6.07) is 7.77. The number of nitrogens with zero attached hydrogens (tertiary/aromatic N) is 4. The monoisotopic (exact) mass is 341 g/mol. The highest BCUT2D eigenvalue weighted by Gasteiger charge is 2.05. The van der Waals surface area contributed by atoms with E-state index >= 15 is 0 Å². The molecule has 1 N–H and O–H groups in total. The van der Waals surface area contributed by atoms with Gasteiger partial charge in [-0.15, -0.1) is 0 Å². The minimum absolute atomic E-state index is 0.618. The van der Waals surface area contributed by atoms with Gasteiger partial charge in [-0.25, -0.2) is 9.97 Å². The summed E-state index contributed by atoms with van der Waals surface area (Å²) >= 11 is 3.36. The lowest BCUT2D eigenvalue weighted by molar-refractivity contribution is 0.981. The summed E-state index contributed by atoms with van der Waals surface area (Å²) in [4.78, 5) is 8.47. The Kier molecular flexibility index (Phi) is 3.59. The van der Waals surface area contributed by atoms with Crippen LogP contribution in [0.25, 0.3) is 5.65 Å². The van der Waals surface area contributed by atoms with Gasteiger partial charge in [-0.3, -0.25) is 4.40 Å². The number of hydrogen-bond donors (Lipinski definition) is 1. The third-order valence-corrected chi connectivity index (χ3v) is 3.68. The van der Waals surface area contributed by atoms with E-state index in [0.29, 0.717) is 12.1 Å². The van der Waals surface area contributed by atoms with Crippen LogP contribution in [0.15, 0.2) is 41.4 Å². The van der Waals surface area contributed by atoms with Gasteiger partial charge in [0.05, 0.1) is 36.3 Å². The van der Waals surface area contributed by atoms with Crippen LogP contribution in [0.3, 0.4) is 0 Å². The first-order valence-electron chi connectivity index (χ1n) is 6.39. The molecule has 21 heavy (non-hydrogen) atoms. The molecule has 0 saturated heterocycles. The molecule has 5 nitrogen and oxygen atoms in total. The maximum atomic E-state index is 8.97. The van der Waals surface area contributed by atoms with E-state index < -0.39 is 0 Å². The van der Waals surface area contributed by atoms with Crippen LogP contribution < -0.4 is 5.32 Å². The summed E-state index contributed by atoms with van der Waals surface area (Å²) < 4.78 is 2.74. The minimum atomic E-state index is 0.618. The van der Waals surface area contributed by atoms with Crippen molar-refractivity contribution in [2.75, 3.05) is 5.32 Å². The molecule has 2 heterocycles. The maximum Gasteiger partial charge on any atom is 0.155 e. The molecular weight excluding hydrogens is 330 g/mol. The quantitative estimate of drug-likeness (QED) is 0.793. The molecule has 1 aromatic carbocycles. The van der Waals surface area contributed by atoms with Crippen molar-refractivity contribution in [1.29, 1.82) is 5.26 Å². The molecule has 0 aliphatic heterocycles. The van der Waals surface area contributed by atoms with Crippen LogP contribution in [0, 0.1) is 18.3 Å². The molecule has 0 amide bonds. The van der Waals surface area contributed by atoms with E-state index in [9.17, 15) is 0 Å². The van der Waals surface area contributed by atoms with Crippen molar-refractivity contribution in [2.24, 2.45) is 0 Å². The number of aromatic nitrogens is 3. The van der Waals surface area contributed by atoms with Gasteiger partial charge >= 0.3 is 0 Å². The van der Waals surface area contributed by atoms with Crippen molar-refractivity contribution in [2.45, 2.75) is 13.5 Å². The second-order valence-electron chi connectivity index (χ2n) is 4.68. The molecule has 0 atom stereocenters. The van der Waals surface area contributed by atoms with Gasteiger partial charge < -0.3 is 5.32 Å². The number of benzene rings is 1. The summed E-state index contributed by atoms with van der Waals surface area (Å²) in [7, 11) is 0. The number of nitrogens with one attached hydrogen (secondary N) is 1. The molecule has 0 unspecified atom stereocenters. The minimum Gasteiger partial charge on any atom is -0.379 e. The molecule has 3 rings (SSSR count). The summed E-state index contributed by atoms with van der Waals surface area (Å²) in [5.74, 6) is 0. The summed E-state index contributed by atoms with van der Waals surface area (Å²) in [6.45, 7) is 2.63. The van der Waals surface area contributed by atoms with Gasteiger partial charge in [0.1, 0.15) is 4.60 Å². The molecule has 104 valence electrons. The number of rotatable bonds is 3. The van der Waals surface area contributed by atoms with Crippen molar-refractivity contribution >= 4 is 27.3 Å². The molecule has 0 aliphatic carbocycles. The fourth-order valence-corrected chi connectivity index (χ4v) is 2.42.